The highest BCUT2D eigenvalue weighted by atomic mass is 16.5. The smallest absolute Gasteiger partial charge is 0.337 e. The van der Waals surface area contributed by atoms with E-state index in [4.69, 9.17) is 0 Å². The molecule has 0 saturated carbocycles. The van der Waals surface area contributed by atoms with E-state index in [0.717, 1.165) is 19.5 Å². The zero-order valence-corrected chi connectivity index (χ0v) is 9.82. The Morgan fingerprint density at radius 2 is 2.07 bits per heavy atom. The van der Waals surface area contributed by atoms with Gasteiger partial charge in [-0.25, -0.2) is 4.79 Å². The minimum Gasteiger partial charge on any atom is -0.467 e. The van der Waals surface area contributed by atoms with E-state index < -0.39 is 11.6 Å². The highest BCUT2D eigenvalue weighted by Gasteiger charge is 2.38. The number of likely N-dealkylation sites (tertiary alicyclic amines) is 1. The molecule has 4 nitrogen and oxygen atoms in total. The number of aliphatic hydroxyl groups is 1. The second-order valence-corrected chi connectivity index (χ2v) is 4.51. The Kier molecular flexibility index (Phi) is 4.11. The van der Waals surface area contributed by atoms with E-state index >= 15 is 0 Å². The first-order chi connectivity index (χ1) is 6.99. The van der Waals surface area contributed by atoms with Crippen LogP contribution < -0.4 is 0 Å². The number of nitrogens with zero attached hydrogens (tertiary/aromatic N) is 1. The lowest BCUT2D eigenvalue weighted by atomic mass is 9.95. The zero-order chi connectivity index (χ0) is 11.5. The molecule has 1 N–H and O–H groups in total. The summed E-state index contributed by atoms with van der Waals surface area (Å²) >= 11 is 0. The van der Waals surface area contributed by atoms with Gasteiger partial charge in [0, 0.05) is 12.6 Å². The second kappa shape index (κ2) is 4.94. The van der Waals surface area contributed by atoms with E-state index in [2.05, 4.69) is 23.5 Å². The maximum atomic E-state index is 11.4. The van der Waals surface area contributed by atoms with Crippen molar-refractivity contribution in [3.8, 4) is 0 Å². The van der Waals surface area contributed by atoms with Crippen LogP contribution in [0.5, 0.6) is 0 Å². The average Bonchev–Trinajstić information content (AvgIpc) is 2.40. The second-order valence-electron chi connectivity index (χ2n) is 4.51. The van der Waals surface area contributed by atoms with Gasteiger partial charge in [0.1, 0.15) is 0 Å². The summed E-state index contributed by atoms with van der Waals surface area (Å²) in [5.74, 6) is -0.492. The topological polar surface area (TPSA) is 49.8 Å². The molecule has 1 rings (SSSR count). The Balaban J connectivity index is 2.62. The van der Waals surface area contributed by atoms with Gasteiger partial charge in [-0.15, -0.1) is 0 Å². The monoisotopic (exact) mass is 215 g/mol. The number of carbonyl (C=O) groups excluding carboxylic acids is 1. The van der Waals surface area contributed by atoms with Crippen molar-refractivity contribution < 1.29 is 14.6 Å². The Labute approximate surface area is 91.2 Å². The third kappa shape index (κ3) is 2.92. The van der Waals surface area contributed by atoms with Crippen LogP contribution in [-0.2, 0) is 9.53 Å². The number of hydrogen-bond acceptors (Lipinski definition) is 4. The summed E-state index contributed by atoms with van der Waals surface area (Å²) in [6, 6.07) is 0.463. The van der Waals surface area contributed by atoms with Gasteiger partial charge in [-0.2, -0.15) is 0 Å². The third-order valence-corrected chi connectivity index (χ3v) is 3.14. The first kappa shape index (κ1) is 12.5. The quantitative estimate of drug-likeness (QED) is 0.692. The molecule has 0 bridgehead atoms. The Morgan fingerprint density at radius 3 is 2.60 bits per heavy atom. The Bertz CT molecular complexity index is 230. The van der Waals surface area contributed by atoms with Crippen molar-refractivity contribution in [3.63, 3.8) is 0 Å². The van der Waals surface area contributed by atoms with Crippen molar-refractivity contribution in [2.75, 3.05) is 20.2 Å². The summed E-state index contributed by atoms with van der Waals surface area (Å²) in [5, 5.41) is 10.1. The van der Waals surface area contributed by atoms with Gasteiger partial charge >= 0.3 is 5.97 Å². The van der Waals surface area contributed by atoms with Crippen LogP contribution in [-0.4, -0.2) is 47.8 Å². The van der Waals surface area contributed by atoms with Crippen molar-refractivity contribution in [1.82, 2.24) is 4.90 Å². The van der Waals surface area contributed by atoms with E-state index in [1.54, 1.807) is 0 Å². The predicted octanol–water partition coefficient (Wildman–Crippen LogP) is 0.785. The Hall–Kier alpha value is -0.610. The average molecular weight is 215 g/mol. The molecule has 1 fully saturated rings. The molecular formula is C11H21NO3. The standard InChI is InChI=1S/C11H21NO3/c1-9(2)12-7-4-5-11(14,6-8-12)10(13)15-3/h9,14H,4-8H2,1-3H3. The van der Waals surface area contributed by atoms with Crippen LogP contribution in [0.15, 0.2) is 0 Å². The summed E-state index contributed by atoms with van der Waals surface area (Å²) in [5.41, 5.74) is -1.27. The molecule has 0 radical (unpaired) electrons. The fourth-order valence-corrected chi connectivity index (χ4v) is 2.05. The van der Waals surface area contributed by atoms with Gasteiger partial charge in [0.2, 0.25) is 0 Å². The van der Waals surface area contributed by atoms with Crippen LogP contribution in [0, 0.1) is 0 Å². The van der Waals surface area contributed by atoms with Crippen LogP contribution in [0.4, 0.5) is 0 Å². The largest absolute Gasteiger partial charge is 0.467 e. The number of rotatable bonds is 2. The summed E-state index contributed by atoms with van der Waals surface area (Å²) in [4.78, 5) is 13.7. The fraction of sp³-hybridized carbons (Fsp3) is 0.909. The number of esters is 1. The van der Waals surface area contributed by atoms with Gasteiger partial charge in [-0.05, 0) is 39.7 Å². The number of carbonyl (C=O) groups is 1. The van der Waals surface area contributed by atoms with Crippen LogP contribution >= 0.6 is 0 Å². The van der Waals surface area contributed by atoms with E-state index in [0.29, 0.717) is 18.9 Å². The predicted molar refractivity (Wildman–Crippen MR) is 57.5 cm³/mol. The van der Waals surface area contributed by atoms with Crippen LogP contribution in [0.25, 0.3) is 0 Å². The summed E-state index contributed by atoms with van der Waals surface area (Å²) in [7, 11) is 1.32. The minimum atomic E-state index is -1.27. The number of hydrogen-bond donors (Lipinski definition) is 1. The molecule has 0 spiro atoms. The van der Waals surface area contributed by atoms with Gasteiger partial charge in [0.05, 0.1) is 7.11 Å². The molecule has 15 heavy (non-hydrogen) atoms. The lowest BCUT2D eigenvalue weighted by Crippen LogP contribution is -2.41. The molecule has 1 aliphatic rings. The van der Waals surface area contributed by atoms with Crippen molar-refractivity contribution in [3.05, 3.63) is 0 Å². The lowest BCUT2D eigenvalue weighted by Gasteiger charge is -2.26. The number of methoxy groups -OCH3 is 1. The third-order valence-electron chi connectivity index (χ3n) is 3.14. The zero-order valence-electron chi connectivity index (χ0n) is 9.82. The van der Waals surface area contributed by atoms with Crippen LogP contribution in [0.1, 0.15) is 33.1 Å². The van der Waals surface area contributed by atoms with Gasteiger partial charge in [0.25, 0.3) is 0 Å². The lowest BCUT2D eigenvalue weighted by molar-refractivity contribution is -0.163. The fourth-order valence-electron chi connectivity index (χ4n) is 2.05. The van der Waals surface area contributed by atoms with Gasteiger partial charge in [-0.3, -0.25) is 0 Å². The molecule has 1 saturated heterocycles. The Morgan fingerprint density at radius 1 is 1.40 bits per heavy atom. The molecule has 4 heteroatoms. The van der Waals surface area contributed by atoms with Crippen molar-refractivity contribution in [2.45, 2.75) is 44.8 Å². The van der Waals surface area contributed by atoms with Gasteiger partial charge in [0.15, 0.2) is 5.60 Å². The maximum Gasteiger partial charge on any atom is 0.337 e. The van der Waals surface area contributed by atoms with Crippen LogP contribution in [0.2, 0.25) is 0 Å². The maximum absolute atomic E-state index is 11.4. The van der Waals surface area contributed by atoms with Crippen molar-refractivity contribution in [1.29, 1.82) is 0 Å². The molecule has 1 heterocycles. The van der Waals surface area contributed by atoms with E-state index in [1.807, 2.05) is 0 Å². The molecule has 1 atom stereocenters. The highest BCUT2D eigenvalue weighted by molar-refractivity contribution is 5.79. The molecule has 0 aromatic heterocycles. The minimum absolute atomic E-state index is 0.463. The van der Waals surface area contributed by atoms with Gasteiger partial charge in [-0.1, -0.05) is 0 Å². The summed E-state index contributed by atoms with van der Waals surface area (Å²) in [6.07, 6.45) is 1.81. The van der Waals surface area contributed by atoms with Gasteiger partial charge < -0.3 is 14.7 Å². The molecule has 1 unspecified atom stereocenters. The molecule has 1 aliphatic heterocycles. The van der Waals surface area contributed by atoms with Crippen molar-refractivity contribution >= 4 is 5.97 Å². The molecule has 0 aliphatic carbocycles. The molecule has 0 amide bonds. The molecule has 88 valence electrons. The van der Waals surface area contributed by atoms with Crippen LogP contribution in [0.3, 0.4) is 0 Å². The summed E-state index contributed by atoms with van der Waals surface area (Å²) < 4.78 is 4.64. The van der Waals surface area contributed by atoms with E-state index in [9.17, 15) is 9.90 Å². The van der Waals surface area contributed by atoms with E-state index in [-0.39, 0.29) is 0 Å². The SMILES string of the molecule is COC(=O)C1(O)CCCN(C(C)C)CC1. The molecule has 0 aromatic rings. The molecule has 0 aromatic carbocycles. The van der Waals surface area contributed by atoms with E-state index in [1.165, 1.54) is 7.11 Å². The molecular weight excluding hydrogens is 194 g/mol. The number of ether oxygens (including phenoxy) is 1. The normalized spacial score (nSPS) is 28.9. The summed E-state index contributed by atoms with van der Waals surface area (Å²) in [6.45, 7) is 5.95. The first-order valence-corrected chi connectivity index (χ1v) is 5.54. The first-order valence-electron chi connectivity index (χ1n) is 5.54. The highest BCUT2D eigenvalue weighted by Crippen LogP contribution is 2.24. The van der Waals surface area contributed by atoms with Crippen molar-refractivity contribution in [2.24, 2.45) is 0 Å².